The van der Waals surface area contributed by atoms with E-state index in [0.29, 0.717) is 5.56 Å². The molecule has 1 N–H and O–H groups in total. The molecule has 0 aliphatic rings. The van der Waals surface area contributed by atoms with Gasteiger partial charge in [0.25, 0.3) is 0 Å². The van der Waals surface area contributed by atoms with E-state index in [1.807, 2.05) is 24.3 Å². The summed E-state index contributed by atoms with van der Waals surface area (Å²) in [5, 5.41) is 0.838. The first-order chi connectivity index (χ1) is 8.72. The number of para-hydroxylation sites is 1. The molecule has 2 aromatic rings. The lowest BCUT2D eigenvalue weighted by Gasteiger charge is -2.00. The van der Waals surface area contributed by atoms with E-state index in [9.17, 15) is 9.59 Å². The smallest absolute Gasteiger partial charge is 0.330 e. The molecule has 2 rings (SSSR count). The van der Waals surface area contributed by atoms with E-state index in [1.165, 1.54) is 6.08 Å². The molecule has 0 amide bonds. The molecule has 0 atom stereocenters. The van der Waals surface area contributed by atoms with Gasteiger partial charge >= 0.3 is 5.97 Å². The number of esters is 1. The maximum absolute atomic E-state index is 11.9. The molecule has 0 spiro atoms. The van der Waals surface area contributed by atoms with Crippen molar-refractivity contribution in [2.45, 2.75) is 6.92 Å². The molecule has 1 aromatic carbocycles. The third kappa shape index (κ3) is 2.48. The van der Waals surface area contributed by atoms with Gasteiger partial charge in [-0.25, -0.2) is 4.79 Å². The molecule has 1 heterocycles. The minimum Gasteiger partial charge on any atom is -0.454 e. The summed E-state index contributed by atoms with van der Waals surface area (Å²) in [5.74, 6) is -0.726. The number of allylic oxidation sites excluding steroid dienone is 1. The zero-order valence-electron chi connectivity index (χ0n) is 9.97. The van der Waals surface area contributed by atoms with Crippen molar-refractivity contribution in [2.75, 3.05) is 6.61 Å². The highest BCUT2D eigenvalue weighted by Crippen LogP contribution is 2.18. The fraction of sp³-hybridized carbons (Fsp3) is 0.143. The second-order valence-electron chi connectivity index (χ2n) is 3.78. The number of ether oxygens (including phenoxy) is 1. The van der Waals surface area contributed by atoms with Crippen LogP contribution in [0.1, 0.15) is 17.3 Å². The summed E-state index contributed by atoms with van der Waals surface area (Å²) in [6, 6.07) is 7.49. The molecule has 0 saturated carbocycles. The van der Waals surface area contributed by atoms with Crippen molar-refractivity contribution in [1.82, 2.24) is 4.98 Å². The summed E-state index contributed by atoms with van der Waals surface area (Å²) >= 11 is 0. The van der Waals surface area contributed by atoms with Gasteiger partial charge in [0.1, 0.15) is 0 Å². The summed E-state index contributed by atoms with van der Waals surface area (Å²) in [4.78, 5) is 26.0. The van der Waals surface area contributed by atoms with Crippen LogP contribution in [0.3, 0.4) is 0 Å². The lowest BCUT2D eigenvalue weighted by Crippen LogP contribution is -2.12. The quantitative estimate of drug-likeness (QED) is 0.510. The van der Waals surface area contributed by atoms with Gasteiger partial charge in [-0.1, -0.05) is 24.3 Å². The molecule has 0 aliphatic carbocycles. The third-order valence-corrected chi connectivity index (χ3v) is 2.54. The standard InChI is InChI=1S/C14H13NO3/c1-2-5-14(17)18-9-13(16)11-8-15-12-7-4-3-6-10(11)12/h2-8,15H,9H2,1H3/b5-2+. The molecule has 4 heteroatoms. The lowest BCUT2D eigenvalue weighted by atomic mass is 10.1. The van der Waals surface area contributed by atoms with E-state index in [-0.39, 0.29) is 12.4 Å². The second kappa shape index (κ2) is 5.31. The van der Waals surface area contributed by atoms with Crippen LogP contribution < -0.4 is 0 Å². The van der Waals surface area contributed by atoms with Crippen molar-refractivity contribution < 1.29 is 14.3 Å². The highest BCUT2D eigenvalue weighted by Gasteiger charge is 2.12. The Hall–Kier alpha value is -2.36. The lowest BCUT2D eigenvalue weighted by molar-refractivity contribution is -0.136. The van der Waals surface area contributed by atoms with Crippen molar-refractivity contribution in [3.05, 3.63) is 48.2 Å². The number of hydrogen-bond donors (Lipinski definition) is 1. The highest BCUT2D eigenvalue weighted by atomic mass is 16.5. The van der Waals surface area contributed by atoms with Crippen LogP contribution in [-0.4, -0.2) is 23.3 Å². The number of fused-ring (bicyclic) bond motifs is 1. The average molecular weight is 243 g/mol. The van der Waals surface area contributed by atoms with Crippen molar-refractivity contribution in [1.29, 1.82) is 0 Å². The SMILES string of the molecule is C/C=C/C(=O)OCC(=O)c1c[nH]c2ccccc12. The molecule has 0 fully saturated rings. The number of benzene rings is 1. The van der Waals surface area contributed by atoms with Crippen LogP contribution in [0.2, 0.25) is 0 Å². The molecule has 18 heavy (non-hydrogen) atoms. The number of nitrogens with one attached hydrogen (secondary N) is 1. The first kappa shape index (κ1) is 12.1. The van der Waals surface area contributed by atoms with Crippen LogP contribution in [0.25, 0.3) is 10.9 Å². The Labute approximate surface area is 104 Å². The Morgan fingerprint density at radius 1 is 1.33 bits per heavy atom. The third-order valence-electron chi connectivity index (χ3n) is 2.54. The molecule has 0 unspecified atom stereocenters. The van der Waals surface area contributed by atoms with Gasteiger partial charge in [0.2, 0.25) is 5.78 Å². The molecule has 0 radical (unpaired) electrons. The molecule has 1 aromatic heterocycles. The van der Waals surface area contributed by atoms with E-state index < -0.39 is 5.97 Å². The predicted molar refractivity (Wildman–Crippen MR) is 68.4 cm³/mol. The number of rotatable bonds is 4. The zero-order valence-corrected chi connectivity index (χ0v) is 9.97. The Kier molecular flexibility index (Phi) is 3.57. The minimum atomic E-state index is -0.509. The maximum atomic E-state index is 11.9. The summed E-state index contributed by atoms with van der Waals surface area (Å²) < 4.78 is 4.83. The maximum Gasteiger partial charge on any atom is 0.330 e. The first-order valence-corrected chi connectivity index (χ1v) is 5.61. The van der Waals surface area contributed by atoms with E-state index in [2.05, 4.69) is 4.98 Å². The van der Waals surface area contributed by atoms with Gasteiger partial charge in [-0.2, -0.15) is 0 Å². The number of H-pyrrole nitrogens is 1. The molecular weight excluding hydrogens is 230 g/mol. The van der Waals surface area contributed by atoms with E-state index >= 15 is 0 Å². The van der Waals surface area contributed by atoms with Gasteiger partial charge in [0.15, 0.2) is 6.61 Å². The molecule has 0 saturated heterocycles. The van der Waals surface area contributed by atoms with Gasteiger partial charge in [-0.15, -0.1) is 0 Å². The van der Waals surface area contributed by atoms with E-state index in [0.717, 1.165) is 10.9 Å². The molecule has 0 aliphatic heterocycles. The Balaban J connectivity index is 2.12. The molecule has 92 valence electrons. The summed E-state index contributed by atoms with van der Waals surface area (Å²) in [5.41, 5.74) is 1.43. The number of hydrogen-bond acceptors (Lipinski definition) is 3. The Morgan fingerprint density at radius 2 is 2.11 bits per heavy atom. The van der Waals surface area contributed by atoms with Gasteiger partial charge in [-0.3, -0.25) is 4.79 Å². The van der Waals surface area contributed by atoms with Crippen LogP contribution in [0.4, 0.5) is 0 Å². The minimum absolute atomic E-state index is 0.217. The van der Waals surface area contributed by atoms with Crippen LogP contribution in [0.5, 0.6) is 0 Å². The molecule has 4 nitrogen and oxygen atoms in total. The number of aromatic amines is 1. The van der Waals surface area contributed by atoms with Gasteiger partial charge in [0, 0.05) is 28.7 Å². The zero-order chi connectivity index (χ0) is 13.0. The Morgan fingerprint density at radius 3 is 2.89 bits per heavy atom. The van der Waals surface area contributed by atoms with Crippen molar-refractivity contribution >= 4 is 22.7 Å². The van der Waals surface area contributed by atoms with Crippen molar-refractivity contribution in [3.8, 4) is 0 Å². The normalized spacial score (nSPS) is 10.9. The fourth-order valence-electron chi connectivity index (χ4n) is 1.70. The van der Waals surface area contributed by atoms with Gasteiger partial charge in [-0.05, 0) is 13.0 Å². The average Bonchev–Trinajstić information content (AvgIpc) is 2.80. The summed E-state index contributed by atoms with van der Waals surface area (Å²) in [6.07, 6.45) is 4.48. The largest absolute Gasteiger partial charge is 0.454 e. The number of carbonyl (C=O) groups excluding carboxylic acids is 2. The molecular formula is C14H13NO3. The van der Waals surface area contributed by atoms with E-state index in [4.69, 9.17) is 4.74 Å². The van der Waals surface area contributed by atoms with Crippen molar-refractivity contribution in [3.63, 3.8) is 0 Å². The van der Waals surface area contributed by atoms with Crippen molar-refractivity contribution in [2.24, 2.45) is 0 Å². The Bertz CT molecular complexity index is 610. The van der Waals surface area contributed by atoms with Gasteiger partial charge in [0.05, 0.1) is 0 Å². The van der Waals surface area contributed by atoms with Crippen LogP contribution in [-0.2, 0) is 9.53 Å². The van der Waals surface area contributed by atoms with Crippen LogP contribution >= 0.6 is 0 Å². The monoisotopic (exact) mass is 243 g/mol. The fourth-order valence-corrected chi connectivity index (χ4v) is 1.70. The van der Waals surface area contributed by atoms with Crippen LogP contribution in [0, 0.1) is 0 Å². The predicted octanol–water partition coefficient (Wildman–Crippen LogP) is 2.47. The number of ketones is 1. The number of Topliss-reactive ketones (excluding diaryl/α,β-unsaturated/α-hetero) is 1. The number of aromatic nitrogens is 1. The van der Waals surface area contributed by atoms with E-state index in [1.54, 1.807) is 19.2 Å². The van der Waals surface area contributed by atoms with Crippen LogP contribution in [0.15, 0.2) is 42.6 Å². The summed E-state index contributed by atoms with van der Waals surface area (Å²) in [7, 11) is 0. The second-order valence-corrected chi connectivity index (χ2v) is 3.78. The summed E-state index contributed by atoms with van der Waals surface area (Å²) in [6.45, 7) is 1.47. The number of carbonyl (C=O) groups is 2. The van der Waals surface area contributed by atoms with Gasteiger partial charge < -0.3 is 9.72 Å². The highest BCUT2D eigenvalue weighted by molar-refractivity contribution is 6.08. The molecule has 0 bridgehead atoms. The first-order valence-electron chi connectivity index (χ1n) is 5.61. The topological polar surface area (TPSA) is 59.2 Å².